The number of benzene rings is 2. The summed E-state index contributed by atoms with van der Waals surface area (Å²) in [4.78, 5) is 12.6. The van der Waals surface area contributed by atoms with Gasteiger partial charge >= 0.3 is 0 Å². The van der Waals surface area contributed by atoms with Gasteiger partial charge in [-0.15, -0.1) is 10.2 Å². The number of aromatic amines is 1. The lowest BCUT2D eigenvalue weighted by molar-refractivity contribution is -0.121. The minimum atomic E-state index is -0.258. The molecule has 26 heavy (non-hydrogen) atoms. The number of rotatable bonds is 4. The number of anilines is 1. The summed E-state index contributed by atoms with van der Waals surface area (Å²) >= 11 is 0. The van der Waals surface area contributed by atoms with E-state index in [-0.39, 0.29) is 11.8 Å². The summed E-state index contributed by atoms with van der Waals surface area (Å²) < 4.78 is 11.0. The van der Waals surface area contributed by atoms with Gasteiger partial charge in [0.25, 0.3) is 0 Å². The van der Waals surface area contributed by atoms with Gasteiger partial charge in [-0.05, 0) is 59.7 Å². The maximum absolute atomic E-state index is 12.6. The van der Waals surface area contributed by atoms with Gasteiger partial charge in [-0.25, -0.2) is 0 Å². The number of ether oxygens (including phenoxy) is 2. The molecule has 0 radical (unpaired) electrons. The van der Waals surface area contributed by atoms with Gasteiger partial charge in [0, 0.05) is 11.3 Å². The van der Waals surface area contributed by atoms with Gasteiger partial charge in [-0.1, -0.05) is 0 Å². The lowest BCUT2D eigenvalue weighted by Gasteiger charge is -2.25. The molecule has 1 amide bonds. The zero-order valence-electron chi connectivity index (χ0n) is 14.1. The van der Waals surface area contributed by atoms with Crippen LogP contribution in [0.25, 0.3) is 11.4 Å². The number of carbonyl (C=O) groups excluding carboxylic acids is 1. The highest BCUT2D eigenvalue weighted by molar-refractivity contribution is 5.93. The molecular formula is C18H17N5O3. The van der Waals surface area contributed by atoms with Crippen molar-refractivity contribution in [2.45, 2.75) is 6.42 Å². The smallest absolute Gasteiger partial charge is 0.231 e. The number of fused-ring (bicyclic) bond motifs is 1. The summed E-state index contributed by atoms with van der Waals surface area (Å²) in [5.74, 6) is 1.73. The molecule has 0 fully saturated rings. The summed E-state index contributed by atoms with van der Waals surface area (Å²) in [7, 11) is 1.62. The zero-order chi connectivity index (χ0) is 17.9. The number of nitrogens with zero attached hydrogens (tertiary/aromatic N) is 3. The second kappa shape index (κ2) is 6.83. The van der Waals surface area contributed by atoms with Gasteiger partial charge in [0.1, 0.15) is 18.1 Å². The lowest BCUT2D eigenvalue weighted by atomic mass is 9.95. The van der Waals surface area contributed by atoms with Crippen LogP contribution in [0.5, 0.6) is 11.5 Å². The molecule has 1 aliphatic heterocycles. The van der Waals surface area contributed by atoms with Crippen molar-refractivity contribution in [3.05, 3.63) is 48.0 Å². The first-order valence-corrected chi connectivity index (χ1v) is 8.17. The van der Waals surface area contributed by atoms with Crippen LogP contribution < -0.4 is 14.8 Å². The maximum Gasteiger partial charge on any atom is 0.231 e. The van der Waals surface area contributed by atoms with Crippen LogP contribution in [0.1, 0.15) is 5.56 Å². The van der Waals surface area contributed by atoms with Gasteiger partial charge in [-0.2, -0.15) is 5.21 Å². The van der Waals surface area contributed by atoms with E-state index in [1.165, 1.54) is 0 Å². The van der Waals surface area contributed by atoms with Crippen LogP contribution in [0.15, 0.2) is 42.5 Å². The van der Waals surface area contributed by atoms with Gasteiger partial charge in [0.15, 0.2) is 0 Å². The number of carbonyl (C=O) groups is 1. The van der Waals surface area contributed by atoms with Crippen LogP contribution in [0.4, 0.5) is 5.69 Å². The van der Waals surface area contributed by atoms with Crippen molar-refractivity contribution in [3.8, 4) is 22.9 Å². The Kier molecular flexibility index (Phi) is 4.22. The zero-order valence-corrected chi connectivity index (χ0v) is 14.1. The molecule has 2 aromatic carbocycles. The summed E-state index contributed by atoms with van der Waals surface area (Å²) in [6.07, 6.45) is 0.610. The average molecular weight is 351 g/mol. The van der Waals surface area contributed by atoms with Crippen LogP contribution in [0.2, 0.25) is 0 Å². The number of tetrazole rings is 1. The molecular weight excluding hydrogens is 334 g/mol. The fourth-order valence-corrected chi connectivity index (χ4v) is 2.90. The Morgan fingerprint density at radius 2 is 2.12 bits per heavy atom. The molecule has 0 bridgehead atoms. The number of aromatic nitrogens is 4. The highest BCUT2D eigenvalue weighted by Crippen LogP contribution is 2.31. The normalized spacial score (nSPS) is 15.7. The van der Waals surface area contributed by atoms with Gasteiger partial charge in [0.05, 0.1) is 13.0 Å². The largest absolute Gasteiger partial charge is 0.497 e. The number of methoxy groups -OCH3 is 1. The first-order valence-electron chi connectivity index (χ1n) is 8.17. The first kappa shape index (κ1) is 16.1. The Hall–Kier alpha value is -3.42. The van der Waals surface area contributed by atoms with Crippen LogP contribution in [-0.4, -0.2) is 40.2 Å². The van der Waals surface area contributed by atoms with Crippen molar-refractivity contribution < 1.29 is 14.3 Å². The van der Waals surface area contributed by atoms with E-state index >= 15 is 0 Å². The molecule has 0 spiro atoms. The minimum Gasteiger partial charge on any atom is -0.497 e. The fraction of sp³-hybridized carbons (Fsp3) is 0.222. The van der Waals surface area contributed by atoms with Crippen molar-refractivity contribution in [1.29, 1.82) is 0 Å². The molecule has 2 heterocycles. The summed E-state index contributed by atoms with van der Waals surface area (Å²) in [6, 6.07) is 12.9. The molecule has 0 saturated heterocycles. The van der Waals surface area contributed by atoms with Crippen LogP contribution in [-0.2, 0) is 11.2 Å². The molecule has 8 heteroatoms. The maximum atomic E-state index is 12.6. The van der Waals surface area contributed by atoms with E-state index in [4.69, 9.17) is 9.47 Å². The number of H-pyrrole nitrogens is 1. The number of hydrogen-bond acceptors (Lipinski definition) is 6. The Labute approximate surface area is 149 Å². The monoisotopic (exact) mass is 351 g/mol. The molecule has 4 rings (SSSR count). The highest BCUT2D eigenvalue weighted by Gasteiger charge is 2.26. The molecule has 0 aliphatic carbocycles. The highest BCUT2D eigenvalue weighted by atomic mass is 16.5. The third-order valence-electron chi connectivity index (χ3n) is 4.30. The summed E-state index contributed by atoms with van der Waals surface area (Å²) in [5.41, 5.74) is 2.50. The van der Waals surface area contributed by atoms with E-state index < -0.39 is 0 Å². The molecule has 1 atom stereocenters. The van der Waals surface area contributed by atoms with Gasteiger partial charge in [-0.3, -0.25) is 4.79 Å². The first-order chi connectivity index (χ1) is 12.7. The van der Waals surface area contributed by atoms with Crippen molar-refractivity contribution in [2.24, 2.45) is 5.92 Å². The van der Waals surface area contributed by atoms with E-state index in [1.807, 2.05) is 42.5 Å². The molecule has 3 aromatic rings. The second-order valence-electron chi connectivity index (χ2n) is 5.99. The molecule has 1 aromatic heterocycles. The minimum absolute atomic E-state index is 0.0780. The predicted octanol–water partition coefficient (Wildman–Crippen LogP) is 2.07. The van der Waals surface area contributed by atoms with E-state index in [2.05, 4.69) is 25.9 Å². The van der Waals surface area contributed by atoms with Gasteiger partial charge < -0.3 is 14.8 Å². The Morgan fingerprint density at radius 1 is 1.27 bits per heavy atom. The second-order valence-corrected chi connectivity index (χ2v) is 5.99. The van der Waals surface area contributed by atoms with E-state index in [0.29, 0.717) is 24.5 Å². The van der Waals surface area contributed by atoms with Crippen molar-refractivity contribution in [1.82, 2.24) is 20.6 Å². The third kappa shape index (κ3) is 3.21. The molecule has 132 valence electrons. The average Bonchev–Trinajstić information content (AvgIpc) is 3.22. The predicted molar refractivity (Wildman–Crippen MR) is 93.9 cm³/mol. The Balaban J connectivity index is 1.43. The molecule has 8 nitrogen and oxygen atoms in total. The van der Waals surface area contributed by atoms with E-state index in [9.17, 15) is 4.79 Å². The molecule has 1 unspecified atom stereocenters. The quantitative estimate of drug-likeness (QED) is 0.746. The topological polar surface area (TPSA) is 102 Å². The Morgan fingerprint density at radius 3 is 2.85 bits per heavy atom. The van der Waals surface area contributed by atoms with Crippen LogP contribution in [0, 0.1) is 5.92 Å². The van der Waals surface area contributed by atoms with Crippen molar-refractivity contribution >= 4 is 11.6 Å². The number of amides is 1. The summed E-state index contributed by atoms with van der Waals surface area (Å²) in [6.45, 7) is 0.353. The molecule has 2 N–H and O–H groups in total. The third-order valence-corrected chi connectivity index (χ3v) is 4.30. The van der Waals surface area contributed by atoms with Crippen LogP contribution >= 0.6 is 0 Å². The van der Waals surface area contributed by atoms with Crippen molar-refractivity contribution in [2.75, 3.05) is 19.0 Å². The molecule has 0 saturated carbocycles. The van der Waals surface area contributed by atoms with Crippen LogP contribution in [0.3, 0.4) is 0 Å². The SMILES string of the molecule is COc1ccc2c(c1)CC(C(=O)Nc1ccc(-c3nn[nH]n3)cc1)CO2. The van der Waals surface area contributed by atoms with Crippen molar-refractivity contribution in [3.63, 3.8) is 0 Å². The Bertz CT molecular complexity index is 909. The standard InChI is InChI=1S/C18H17N5O3/c1-25-15-6-7-16-12(9-15)8-13(10-26-16)18(24)19-14-4-2-11(3-5-14)17-20-22-23-21-17/h2-7,9,13H,8,10H2,1H3,(H,19,24)(H,20,21,22,23). The lowest BCUT2D eigenvalue weighted by Crippen LogP contribution is -2.32. The van der Waals surface area contributed by atoms with Gasteiger partial charge in [0.2, 0.25) is 11.7 Å². The number of hydrogen-bond donors (Lipinski definition) is 2. The summed E-state index contributed by atoms with van der Waals surface area (Å²) in [5, 5.41) is 16.7. The van der Waals surface area contributed by atoms with E-state index in [1.54, 1.807) is 7.11 Å². The fourth-order valence-electron chi connectivity index (χ4n) is 2.90. The molecule has 1 aliphatic rings. The number of nitrogens with one attached hydrogen (secondary N) is 2. The van der Waals surface area contributed by atoms with E-state index in [0.717, 1.165) is 22.6 Å².